The maximum atomic E-state index is 13.6. The van der Waals surface area contributed by atoms with Crippen molar-refractivity contribution >= 4 is 33.5 Å². The van der Waals surface area contributed by atoms with E-state index in [2.05, 4.69) is 15.1 Å². The zero-order valence-electron chi connectivity index (χ0n) is 18.4. The fraction of sp³-hybridized carbons (Fsp3) is 0.304. The number of nitrogen functional groups attached to an aromatic ring is 1. The van der Waals surface area contributed by atoms with Gasteiger partial charge in [0, 0.05) is 37.3 Å². The molecule has 1 saturated heterocycles. The second-order valence-electron chi connectivity index (χ2n) is 8.32. The molecule has 2 N–H and O–H groups in total. The number of hydrogen-bond donors (Lipinski definition) is 1. The number of aromatic nitrogens is 4. The number of nitrogens with two attached hydrogens (primary N) is 1. The van der Waals surface area contributed by atoms with Crippen LogP contribution in [-0.2, 0) is 19.8 Å². The van der Waals surface area contributed by atoms with Gasteiger partial charge in [0.25, 0.3) is 5.91 Å². The van der Waals surface area contributed by atoms with Crippen LogP contribution in [0.4, 0.5) is 19.0 Å². The highest BCUT2D eigenvalue weighted by Crippen LogP contribution is 2.30. The maximum Gasteiger partial charge on any atom is 0.417 e. The van der Waals surface area contributed by atoms with Crippen LogP contribution in [0.25, 0.3) is 21.8 Å². The summed E-state index contributed by atoms with van der Waals surface area (Å²) in [7, 11) is 1.79. The Kier molecular flexibility index (Phi) is 5.35. The number of hydrogen-bond acceptors (Lipinski definition) is 6. The lowest BCUT2D eigenvalue weighted by Crippen LogP contribution is -2.44. The van der Waals surface area contributed by atoms with Crippen molar-refractivity contribution in [2.24, 2.45) is 7.05 Å². The van der Waals surface area contributed by atoms with Crippen molar-refractivity contribution in [3.05, 3.63) is 59.5 Å². The van der Waals surface area contributed by atoms with E-state index in [1.54, 1.807) is 41.1 Å². The van der Waals surface area contributed by atoms with E-state index in [4.69, 9.17) is 5.73 Å². The molecule has 4 aromatic rings. The van der Waals surface area contributed by atoms with E-state index in [-0.39, 0.29) is 12.5 Å². The van der Waals surface area contributed by atoms with Crippen LogP contribution in [0.2, 0.25) is 0 Å². The van der Waals surface area contributed by atoms with E-state index in [1.807, 2.05) is 5.01 Å². The van der Waals surface area contributed by atoms with Gasteiger partial charge >= 0.3 is 6.18 Å². The zero-order valence-corrected chi connectivity index (χ0v) is 18.4. The third-order valence-electron chi connectivity index (χ3n) is 6.08. The molecule has 5 rings (SSSR count). The number of fused-ring (bicyclic) bond motifs is 3. The Hall–Kier alpha value is -3.73. The van der Waals surface area contributed by atoms with E-state index in [0.29, 0.717) is 41.1 Å². The minimum Gasteiger partial charge on any atom is -0.383 e. The number of pyridine rings is 2. The van der Waals surface area contributed by atoms with Crippen LogP contribution in [0.5, 0.6) is 0 Å². The molecule has 176 valence electrons. The van der Waals surface area contributed by atoms with Crippen LogP contribution in [0.1, 0.15) is 34.5 Å². The summed E-state index contributed by atoms with van der Waals surface area (Å²) in [5.41, 5.74) is 7.46. The Morgan fingerprint density at radius 2 is 1.88 bits per heavy atom. The van der Waals surface area contributed by atoms with Crippen LogP contribution >= 0.6 is 0 Å². The Morgan fingerprint density at radius 1 is 1.12 bits per heavy atom. The molecule has 0 atom stereocenters. The predicted octanol–water partition coefficient (Wildman–Crippen LogP) is 3.77. The first-order valence-electron chi connectivity index (χ1n) is 10.8. The summed E-state index contributed by atoms with van der Waals surface area (Å²) in [5, 5.41) is 9.19. The number of amides is 1. The third-order valence-corrected chi connectivity index (χ3v) is 6.08. The first kappa shape index (κ1) is 22.1. The number of anilines is 1. The molecule has 0 bridgehead atoms. The van der Waals surface area contributed by atoms with Crippen molar-refractivity contribution in [2.75, 3.05) is 18.8 Å². The molecular formula is C23H22F3N7O. The highest BCUT2D eigenvalue weighted by molar-refractivity contribution is 6.10. The van der Waals surface area contributed by atoms with Crippen LogP contribution in [0.3, 0.4) is 0 Å². The second kappa shape index (κ2) is 8.24. The molecule has 0 aliphatic carbocycles. The average Bonchev–Trinajstić information content (AvgIpc) is 3.47. The smallest absolute Gasteiger partial charge is 0.383 e. The molecule has 11 heteroatoms. The number of carbonyl (C=O) groups is 1. The Balaban J connectivity index is 1.52. The topological polar surface area (TPSA) is 93.2 Å². The van der Waals surface area contributed by atoms with Crippen molar-refractivity contribution in [1.82, 2.24) is 29.8 Å². The number of hydrazine groups is 1. The van der Waals surface area contributed by atoms with Crippen molar-refractivity contribution in [1.29, 1.82) is 0 Å². The molecule has 0 radical (unpaired) electrons. The summed E-state index contributed by atoms with van der Waals surface area (Å²) in [5.74, 6) is 0.0967. The highest BCUT2D eigenvalue weighted by Gasteiger charge is 2.31. The fourth-order valence-electron chi connectivity index (χ4n) is 4.32. The Bertz CT molecular complexity index is 1380. The zero-order chi connectivity index (χ0) is 24.0. The molecule has 8 nitrogen and oxygen atoms in total. The van der Waals surface area contributed by atoms with Gasteiger partial charge in [0.05, 0.1) is 40.4 Å². The van der Waals surface area contributed by atoms with Crippen molar-refractivity contribution in [3.63, 3.8) is 0 Å². The van der Waals surface area contributed by atoms with Crippen molar-refractivity contribution in [2.45, 2.75) is 25.6 Å². The van der Waals surface area contributed by atoms with E-state index in [0.717, 1.165) is 36.0 Å². The lowest BCUT2D eigenvalue weighted by molar-refractivity contribution is -0.137. The second-order valence-corrected chi connectivity index (χ2v) is 8.32. The third kappa shape index (κ3) is 3.92. The van der Waals surface area contributed by atoms with Crippen LogP contribution in [0, 0.1) is 0 Å². The van der Waals surface area contributed by atoms with Gasteiger partial charge in [0.15, 0.2) is 0 Å². The fourth-order valence-corrected chi connectivity index (χ4v) is 4.32. The molecule has 0 saturated carbocycles. The Morgan fingerprint density at radius 3 is 2.56 bits per heavy atom. The molecule has 34 heavy (non-hydrogen) atoms. The first-order chi connectivity index (χ1) is 16.2. The van der Waals surface area contributed by atoms with Gasteiger partial charge in [-0.1, -0.05) is 0 Å². The summed E-state index contributed by atoms with van der Waals surface area (Å²) in [6.07, 6.45) is -0.164. The number of aryl methyl sites for hydroxylation is 1. The molecule has 1 aliphatic rings. The van der Waals surface area contributed by atoms with Gasteiger partial charge in [-0.3, -0.25) is 19.5 Å². The van der Waals surface area contributed by atoms with Gasteiger partial charge in [-0.15, -0.1) is 0 Å². The number of carbonyl (C=O) groups excluding carboxylic acids is 1. The molecule has 3 aromatic heterocycles. The van der Waals surface area contributed by atoms with Gasteiger partial charge in [0.2, 0.25) is 0 Å². The van der Waals surface area contributed by atoms with Gasteiger partial charge < -0.3 is 5.73 Å². The summed E-state index contributed by atoms with van der Waals surface area (Å²) < 4.78 is 40.4. The standard InChI is InChI=1S/C23H22F3N7O/c1-31-20-17-10-14(4-7-19(17)30-21(27)18(20)12-29-31)22(34)33(32-8-2-3-9-32)13-16-6-5-15(11-28-16)23(24,25)26/h4-7,10-12H,2-3,8-9,13H2,1H3,(H2,27,30). The number of halogens is 3. The predicted molar refractivity (Wildman–Crippen MR) is 120 cm³/mol. The van der Waals surface area contributed by atoms with Gasteiger partial charge in [-0.2, -0.15) is 18.3 Å². The molecule has 0 unspecified atom stereocenters. The van der Waals surface area contributed by atoms with E-state index in [1.165, 1.54) is 6.07 Å². The molecular weight excluding hydrogens is 447 g/mol. The minimum absolute atomic E-state index is 0.0656. The van der Waals surface area contributed by atoms with Gasteiger partial charge in [-0.05, 0) is 43.2 Å². The van der Waals surface area contributed by atoms with Crippen molar-refractivity contribution in [3.8, 4) is 0 Å². The SMILES string of the molecule is Cn1ncc2c(N)nc3ccc(C(=O)N(Cc4ccc(C(F)(F)F)cn4)N4CCCC4)cc3c21. The summed E-state index contributed by atoms with van der Waals surface area (Å²) in [6, 6.07) is 7.48. The summed E-state index contributed by atoms with van der Waals surface area (Å²) in [4.78, 5) is 22.0. The molecule has 1 aromatic carbocycles. The van der Waals surface area contributed by atoms with Crippen LogP contribution < -0.4 is 5.73 Å². The Labute approximate surface area is 192 Å². The molecule has 4 heterocycles. The quantitative estimate of drug-likeness (QED) is 0.489. The molecule has 0 spiro atoms. The van der Waals surface area contributed by atoms with E-state index < -0.39 is 11.7 Å². The molecule has 1 amide bonds. The summed E-state index contributed by atoms with van der Waals surface area (Å²) in [6.45, 7) is 1.43. The summed E-state index contributed by atoms with van der Waals surface area (Å²) >= 11 is 0. The minimum atomic E-state index is -4.46. The number of rotatable bonds is 4. The monoisotopic (exact) mass is 469 g/mol. The van der Waals surface area contributed by atoms with Crippen LogP contribution in [0.15, 0.2) is 42.7 Å². The lowest BCUT2D eigenvalue weighted by Gasteiger charge is -2.31. The van der Waals surface area contributed by atoms with Gasteiger partial charge in [-0.25, -0.2) is 9.99 Å². The number of alkyl halides is 3. The van der Waals surface area contributed by atoms with E-state index >= 15 is 0 Å². The van der Waals surface area contributed by atoms with Gasteiger partial charge in [0.1, 0.15) is 5.82 Å². The molecule has 1 fully saturated rings. The lowest BCUT2D eigenvalue weighted by atomic mass is 10.1. The van der Waals surface area contributed by atoms with E-state index in [9.17, 15) is 18.0 Å². The maximum absolute atomic E-state index is 13.6. The normalized spacial score (nSPS) is 14.8. The van der Waals surface area contributed by atoms with Crippen LogP contribution in [-0.4, -0.2) is 48.8 Å². The number of nitrogens with zero attached hydrogens (tertiary/aromatic N) is 6. The average molecular weight is 469 g/mol. The largest absolute Gasteiger partial charge is 0.417 e. The van der Waals surface area contributed by atoms with Crippen molar-refractivity contribution < 1.29 is 18.0 Å². The highest BCUT2D eigenvalue weighted by atomic mass is 19.4. The first-order valence-corrected chi connectivity index (χ1v) is 10.8. The molecule has 1 aliphatic heterocycles. The number of benzene rings is 1.